The quantitative estimate of drug-likeness (QED) is 0.0680. The van der Waals surface area contributed by atoms with Gasteiger partial charge in [0.05, 0.1) is 0 Å². The summed E-state index contributed by atoms with van der Waals surface area (Å²) in [6, 6.07) is 0. The number of rotatable bonds is 22. The van der Waals surface area contributed by atoms with Crippen LogP contribution in [0.15, 0.2) is 11.6 Å². The summed E-state index contributed by atoms with van der Waals surface area (Å²) in [5.74, 6) is 3.72. The molecule has 0 heterocycles. The summed E-state index contributed by atoms with van der Waals surface area (Å²) in [5.41, 5.74) is 2.59. The SMILES string of the molecule is CCCCCCCCCCCCCCCC(=O)O[C@H]1CC[C@@]2(C)C(=CC[C@H]3[C@H]4CC[C@H](CCCCCCCC)[C@@]4(C)CC[C@@H]32)C1. The molecule has 0 saturated heterocycles. The van der Waals surface area contributed by atoms with Crippen LogP contribution in [-0.2, 0) is 9.53 Å². The summed E-state index contributed by atoms with van der Waals surface area (Å²) in [6.07, 6.45) is 41.4. The smallest absolute Gasteiger partial charge is 0.306 e. The molecule has 0 aromatic rings. The third-order valence-electron chi connectivity index (χ3n) is 13.9. The van der Waals surface area contributed by atoms with E-state index in [1.165, 1.54) is 161 Å². The van der Waals surface area contributed by atoms with Crippen molar-refractivity contribution in [1.82, 2.24) is 0 Å². The van der Waals surface area contributed by atoms with Crippen LogP contribution in [0.3, 0.4) is 0 Å². The number of allylic oxidation sites excluding steroid dienone is 1. The number of ether oxygens (including phenoxy) is 1. The van der Waals surface area contributed by atoms with Gasteiger partial charge in [-0.1, -0.05) is 155 Å². The zero-order valence-electron chi connectivity index (χ0n) is 30.8. The number of hydrogen-bond donors (Lipinski definition) is 0. The summed E-state index contributed by atoms with van der Waals surface area (Å²) in [6.45, 7) is 9.92. The van der Waals surface area contributed by atoms with Crippen molar-refractivity contribution in [3.8, 4) is 0 Å². The predicted molar refractivity (Wildman–Crippen MR) is 193 cm³/mol. The molecule has 2 nitrogen and oxygen atoms in total. The molecule has 2 heteroatoms. The highest BCUT2D eigenvalue weighted by atomic mass is 16.5. The zero-order valence-corrected chi connectivity index (χ0v) is 30.8. The lowest BCUT2D eigenvalue weighted by Crippen LogP contribution is -2.50. The zero-order chi connectivity index (χ0) is 32.0. The lowest BCUT2D eigenvalue weighted by atomic mass is 9.47. The molecule has 0 spiro atoms. The molecule has 0 amide bonds. The van der Waals surface area contributed by atoms with Crippen molar-refractivity contribution >= 4 is 5.97 Å². The lowest BCUT2D eigenvalue weighted by Gasteiger charge is -2.58. The van der Waals surface area contributed by atoms with E-state index < -0.39 is 0 Å². The van der Waals surface area contributed by atoms with E-state index in [9.17, 15) is 4.79 Å². The minimum atomic E-state index is 0.0664. The summed E-state index contributed by atoms with van der Waals surface area (Å²) < 4.78 is 6.12. The monoisotopic (exact) mass is 625 g/mol. The molecular formula is C43H76O2. The van der Waals surface area contributed by atoms with Crippen molar-refractivity contribution in [2.24, 2.45) is 34.5 Å². The molecule has 4 rings (SSSR count). The molecule has 3 saturated carbocycles. The van der Waals surface area contributed by atoms with E-state index in [2.05, 4.69) is 33.8 Å². The number of carbonyl (C=O) groups is 1. The van der Waals surface area contributed by atoms with Crippen LogP contribution in [0.4, 0.5) is 0 Å². The Kier molecular flexibility index (Phi) is 15.9. The molecule has 4 aliphatic rings. The molecule has 4 aliphatic carbocycles. The van der Waals surface area contributed by atoms with Gasteiger partial charge >= 0.3 is 5.97 Å². The number of fused-ring (bicyclic) bond motifs is 5. The fourth-order valence-corrected chi connectivity index (χ4v) is 11.0. The van der Waals surface area contributed by atoms with Crippen molar-refractivity contribution in [2.45, 2.75) is 220 Å². The van der Waals surface area contributed by atoms with Crippen LogP contribution in [0.2, 0.25) is 0 Å². The summed E-state index contributed by atoms with van der Waals surface area (Å²) >= 11 is 0. The van der Waals surface area contributed by atoms with Crippen molar-refractivity contribution in [1.29, 1.82) is 0 Å². The van der Waals surface area contributed by atoms with E-state index >= 15 is 0 Å². The van der Waals surface area contributed by atoms with Gasteiger partial charge in [-0.25, -0.2) is 0 Å². The molecule has 0 radical (unpaired) electrons. The molecule has 0 aromatic carbocycles. The highest BCUT2D eigenvalue weighted by Crippen LogP contribution is 2.66. The largest absolute Gasteiger partial charge is 0.462 e. The van der Waals surface area contributed by atoms with Gasteiger partial charge in [-0.15, -0.1) is 0 Å². The van der Waals surface area contributed by atoms with Gasteiger partial charge in [0.25, 0.3) is 0 Å². The van der Waals surface area contributed by atoms with Gasteiger partial charge in [0.2, 0.25) is 0 Å². The van der Waals surface area contributed by atoms with Crippen LogP contribution < -0.4 is 0 Å². The summed E-state index contributed by atoms with van der Waals surface area (Å²) in [4.78, 5) is 12.8. The van der Waals surface area contributed by atoms with Gasteiger partial charge < -0.3 is 4.74 Å². The Bertz CT molecular complexity index is 875. The average molecular weight is 625 g/mol. The fourth-order valence-electron chi connectivity index (χ4n) is 11.0. The van der Waals surface area contributed by atoms with Gasteiger partial charge in [0, 0.05) is 12.8 Å². The van der Waals surface area contributed by atoms with Gasteiger partial charge in [0.1, 0.15) is 6.10 Å². The van der Waals surface area contributed by atoms with Gasteiger partial charge in [-0.05, 0) is 92.3 Å². The predicted octanol–water partition coefficient (Wildman–Crippen LogP) is 13.7. The minimum Gasteiger partial charge on any atom is -0.462 e. The van der Waals surface area contributed by atoms with Crippen molar-refractivity contribution in [2.75, 3.05) is 0 Å². The molecule has 0 N–H and O–H groups in total. The first kappa shape index (κ1) is 37.0. The van der Waals surface area contributed by atoms with Crippen molar-refractivity contribution in [3.05, 3.63) is 11.6 Å². The van der Waals surface area contributed by atoms with Crippen molar-refractivity contribution in [3.63, 3.8) is 0 Å². The molecule has 3 fully saturated rings. The first-order valence-electron chi connectivity index (χ1n) is 20.8. The maximum Gasteiger partial charge on any atom is 0.306 e. The topological polar surface area (TPSA) is 26.3 Å². The maximum absolute atomic E-state index is 12.8. The molecular weight excluding hydrogens is 548 g/mol. The number of esters is 1. The Morgan fingerprint density at radius 1 is 0.689 bits per heavy atom. The van der Waals surface area contributed by atoms with Crippen LogP contribution in [-0.4, -0.2) is 12.1 Å². The summed E-state index contributed by atoms with van der Waals surface area (Å²) in [7, 11) is 0. The molecule has 0 bridgehead atoms. The highest BCUT2D eigenvalue weighted by Gasteiger charge is 2.58. The molecule has 0 aliphatic heterocycles. The van der Waals surface area contributed by atoms with Gasteiger partial charge in [0.15, 0.2) is 0 Å². The van der Waals surface area contributed by atoms with Crippen molar-refractivity contribution < 1.29 is 9.53 Å². The first-order chi connectivity index (χ1) is 21.9. The van der Waals surface area contributed by atoms with Crippen LogP contribution >= 0.6 is 0 Å². The van der Waals surface area contributed by atoms with Crippen LogP contribution in [0.5, 0.6) is 0 Å². The number of unbranched alkanes of at least 4 members (excludes halogenated alkanes) is 17. The Morgan fingerprint density at radius 3 is 1.89 bits per heavy atom. The highest BCUT2D eigenvalue weighted by molar-refractivity contribution is 5.69. The minimum absolute atomic E-state index is 0.0664. The van der Waals surface area contributed by atoms with Crippen LogP contribution in [0, 0.1) is 34.5 Å². The average Bonchev–Trinajstić information content (AvgIpc) is 3.37. The summed E-state index contributed by atoms with van der Waals surface area (Å²) in [5, 5.41) is 0. The van der Waals surface area contributed by atoms with E-state index in [0.29, 0.717) is 17.3 Å². The second kappa shape index (κ2) is 19.3. The van der Waals surface area contributed by atoms with E-state index in [-0.39, 0.29) is 12.1 Å². The van der Waals surface area contributed by atoms with Crippen LogP contribution in [0.1, 0.15) is 214 Å². The van der Waals surface area contributed by atoms with E-state index in [1.807, 2.05) is 0 Å². The second-order valence-electron chi connectivity index (χ2n) is 17.0. The maximum atomic E-state index is 12.8. The Labute approximate surface area is 281 Å². The lowest BCUT2D eigenvalue weighted by molar-refractivity contribution is -0.151. The van der Waals surface area contributed by atoms with E-state index in [4.69, 9.17) is 4.74 Å². The third-order valence-corrected chi connectivity index (χ3v) is 13.9. The molecule has 0 aromatic heterocycles. The molecule has 260 valence electrons. The fraction of sp³-hybridized carbons (Fsp3) is 0.930. The standard InChI is InChI=1S/C43H76O2/c1-5-7-9-11-13-14-15-16-17-18-19-21-23-25-41(44)45-37-30-32-43(4)36(34-37)26-28-38-39-29-27-35(24-22-20-12-10-8-6-2)42(39,3)33-31-40(38)43/h26,35,37-40H,5-25,27-34H2,1-4H3/t35-,37-,38-,39+,40-,42+,43-/m0/s1. The third kappa shape index (κ3) is 10.3. The van der Waals surface area contributed by atoms with E-state index in [1.54, 1.807) is 5.57 Å². The first-order valence-corrected chi connectivity index (χ1v) is 20.8. The van der Waals surface area contributed by atoms with E-state index in [0.717, 1.165) is 42.9 Å². The van der Waals surface area contributed by atoms with Crippen LogP contribution in [0.25, 0.3) is 0 Å². The number of hydrogen-bond acceptors (Lipinski definition) is 2. The number of carbonyl (C=O) groups excluding carboxylic acids is 1. The molecule has 0 unspecified atom stereocenters. The Hall–Kier alpha value is -0.790. The molecule has 7 atom stereocenters. The van der Waals surface area contributed by atoms with Gasteiger partial charge in [-0.3, -0.25) is 4.79 Å². The normalized spacial score (nSPS) is 32.4. The Morgan fingerprint density at radius 2 is 1.27 bits per heavy atom. The Balaban J connectivity index is 1.12. The van der Waals surface area contributed by atoms with Gasteiger partial charge in [-0.2, -0.15) is 0 Å². The molecule has 45 heavy (non-hydrogen) atoms. The second-order valence-corrected chi connectivity index (χ2v) is 17.0.